The number of hydrogen-bond acceptors (Lipinski definition) is 3. The van der Waals surface area contributed by atoms with Gasteiger partial charge in [0.25, 0.3) is 5.91 Å². The molecule has 0 aromatic heterocycles. The van der Waals surface area contributed by atoms with Crippen LogP contribution in [0.3, 0.4) is 0 Å². The van der Waals surface area contributed by atoms with Crippen molar-refractivity contribution in [3.8, 4) is 0 Å². The molecule has 3 aromatic carbocycles. The molecule has 3 amide bonds. The standard InChI is InChI=1S/C26H24FN3O3/c1-2-17-7-13-21(14-8-17)30-16-18(15-24(30)31)25(32)29-23-6-4-3-5-22(23)26(33)28-20-11-9-19(27)10-12-20/h3-14,18H,2,15-16H2,1H3,(H,28,33)(H,29,32). The first-order valence-electron chi connectivity index (χ1n) is 10.8. The van der Waals surface area contributed by atoms with Gasteiger partial charge in [0, 0.05) is 24.3 Å². The lowest BCUT2D eigenvalue weighted by Gasteiger charge is -2.17. The third-order valence-electron chi connectivity index (χ3n) is 5.68. The van der Waals surface area contributed by atoms with Gasteiger partial charge in [-0.15, -0.1) is 0 Å². The SMILES string of the molecule is CCc1ccc(N2CC(C(=O)Nc3ccccc3C(=O)Nc3ccc(F)cc3)CC2=O)cc1. The molecule has 1 aliphatic heterocycles. The topological polar surface area (TPSA) is 78.5 Å². The number of nitrogens with zero attached hydrogens (tertiary/aromatic N) is 1. The number of carbonyl (C=O) groups excluding carboxylic acids is 3. The van der Waals surface area contributed by atoms with Crippen LogP contribution in [0.5, 0.6) is 0 Å². The molecule has 1 saturated heterocycles. The summed E-state index contributed by atoms with van der Waals surface area (Å²) < 4.78 is 13.1. The van der Waals surface area contributed by atoms with Crippen LogP contribution in [0, 0.1) is 11.7 Å². The molecule has 4 rings (SSSR count). The van der Waals surface area contributed by atoms with Gasteiger partial charge < -0.3 is 15.5 Å². The molecule has 3 aromatic rings. The largest absolute Gasteiger partial charge is 0.325 e. The van der Waals surface area contributed by atoms with E-state index < -0.39 is 17.6 Å². The van der Waals surface area contributed by atoms with E-state index in [2.05, 4.69) is 17.6 Å². The maximum absolute atomic E-state index is 13.1. The van der Waals surface area contributed by atoms with Crippen LogP contribution in [0.2, 0.25) is 0 Å². The lowest BCUT2D eigenvalue weighted by molar-refractivity contribution is -0.122. The van der Waals surface area contributed by atoms with Crippen molar-refractivity contribution in [2.75, 3.05) is 22.1 Å². The highest BCUT2D eigenvalue weighted by Crippen LogP contribution is 2.27. The minimum atomic E-state index is -0.531. The van der Waals surface area contributed by atoms with Gasteiger partial charge in [0.15, 0.2) is 0 Å². The highest BCUT2D eigenvalue weighted by atomic mass is 19.1. The summed E-state index contributed by atoms with van der Waals surface area (Å²) >= 11 is 0. The zero-order chi connectivity index (χ0) is 23.4. The van der Waals surface area contributed by atoms with Crippen molar-refractivity contribution in [2.24, 2.45) is 5.92 Å². The van der Waals surface area contributed by atoms with E-state index in [1.54, 1.807) is 29.2 Å². The summed E-state index contributed by atoms with van der Waals surface area (Å²) in [6, 6.07) is 19.8. The minimum Gasteiger partial charge on any atom is -0.325 e. The first-order valence-corrected chi connectivity index (χ1v) is 10.8. The average Bonchev–Trinajstić information content (AvgIpc) is 3.22. The van der Waals surface area contributed by atoms with Gasteiger partial charge in [-0.3, -0.25) is 14.4 Å². The molecule has 1 fully saturated rings. The zero-order valence-corrected chi connectivity index (χ0v) is 18.2. The van der Waals surface area contributed by atoms with Crippen molar-refractivity contribution in [1.82, 2.24) is 0 Å². The van der Waals surface area contributed by atoms with Crippen molar-refractivity contribution < 1.29 is 18.8 Å². The number of amides is 3. The minimum absolute atomic E-state index is 0.102. The quantitative estimate of drug-likeness (QED) is 0.581. The van der Waals surface area contributed by atoms with Crippen molar-refractivity contribution >= 4 is 34.8 Å². The fourth-order valence-electron chi connectivity index (χ4n) is 3.80. The summed E-state index contributed by atoms with van der Waals surface area (Å²) in [7, 11) is 0. The highest BCUT2D eigenvalue weighted by molar-refractivity contribution is 6.11. The van der Waals surface area contributed by atoms with Crippen LogP contribution >= 0.6 is 0 Å². The lowest BCUT2D eigenvalue weighted by atomic mass is 10.1. The van der Waals surface area contributed by atoms with Gasteiger partial charge in [-0.1, -0.05) is 31.2 Å². The van der Waals surface area contributed by atoms with E-state index in [-0.39, 0.29) is 30.3 Å². The summed E-state index contributed by atoms with van der Waals surface area (Å²) in [4.78, 5) is 39.9. The molecule has 0 saturated carbocycles. The smallest absolute Gasteiger partial charge is 0.257 e. The highest BCUT2D eigenvalue weighted by Gasteiger charge is 2.35. The molecule has 33 heavy (non-hydrogen) atoms. The molecule has 2 N–H and O–H groups in total. The predicted octanol–water partition coefficient (Wildman–Crippen LogP) is 4.63. The number of hydrogen-bond donors (Lipinski definition) is 2. The molecule has 0 spiro atoms. The number of aryl methyl sites for hydroxylation is 1. The molecule has 7 heteroatoms. The summed E-state index contributed by atoms with van der Waals surface area (Å²) in [5.41, 5.74) is 3.00. The van der Waals surface area contributed by atoms with Gasteiger partial charge in [-0.2, -0.15) is 0 Å². The fraction of sp³-hybridized carbons (Fsp3) is 0.192. The van der Waals surface area contributed by atoms with Gasteiger partial charge >= 0.3 is 0 Å². The Hall–Kier alpha value is -4.00. The van der Waals surface area contributed by atoms with E-state index in [0.29, 0.717) is 11.4 Å². The molecule has 0 radical (unpaired) electrons. The van der Waals surface area contributed by atoms with E-state index in [4.69, 9.17) is 0 Å². The number of para-hydroxylation sites is 1. The van der Waals surface area contributed by atoms with E-state index >= 15 is 0 Å². The third kappa shape index (κ3) is 5.09. The van der Waals surface area contributed by atoms with Crippen LogP contribution in [0.15, 0.2) is 72.8 Å². The Morgan fingerprint density at radius 2 is 1.67 bits per heavy atom. The molecule has 1 unspecified atom stereocenters. The number of carbonyl (C=O) groups is 3. The average molecular weight is 445 g/mol. The number of anilines is 3. The van der Waals surface area contributed by atoms with Gasteiger partial charge in [0.05, 0.1) is 17.2 Å². The molecule has 0 aliphatic carbocycles. The maximum atomic E-state index is 13.1. The van der Waals surface area contributed by atoms with E-state index in [1.165, 1.54) is 29.8 Å². The molecular formula is C26H24FN3O3. The summed E-state index contributed by atoms with van der Waals surface area (Å²) in [6.07, 6.45) is 1.01. The molecule has 1 heterocycles. The predicted molar refractivity (Wildman–Crippen MR) is 126 cm³/mol. The number of benzene rings is 3. The van der Waals surface area contributed by atoms with E-state index in [0.717, 1.165) is 12.1 Å². The summed E-state index contributed by atoms with van der Waals surface area (Å²) in [5.74, 6) is -1.80. The van der Waals surface area contributed by atoms with Crippen molar-refractivity contribution in [1.29, 1.82) is 0 Å². The van der Waals surface area contributed by atoms with E-state index in [1.807, 2.05) is 24.3 Å². The zero-order valence-electron chi connectivity index (χ0n) is 18.2. The van der Waals surface area contributed by atoms with Crippen LogP contribution in [0.25, 0.3) is 0 Å². The normalized spacial score (nSPS) is 15.4. The number of rotatable bonds is 6. The Kier molecular flexibility index (Phi) is 6.49. The van der Waals surface area contributed by atoms with Crippen molar-refractivity contribution in [3.63, 3.8) is 0 Å². The fourth-order valence-corrected chi connectivity index (χ4v) is 3.80. The second-order valence-corrected chi connectivity index (χ2v) is 7.92. The molecule has 1 atom stereocenters. The first-order chi connectivity index (χ1) is 15.9. The Morgan fingerprint density at radius 1 is 0.970 bits per heavy atom. The molecule has 6 nitrogen and oxygen atoms in total. The van der Waals surface area contributed by atoms with Gasteiger partial charge in [0.1, 0.15) is 5.82 Å². The molecule has 1 aliphatic rings. The van der Waals surface area contributed by atoms with Crippen molar-refractivity contribution in [3.05, 3.63) is 89.7 Å². The van der Waals surface area contributed by atoms with Crippen LogP contribution in [0.1, 0.15) is 29.3 Å². The number of halogens is 1. The van der Waals surface area contributed by atoms with Crippen molar-refractivity contribution in [2.45, 2.75) is 19.8 Å². The molecule has 168 valence electrons. The monoisotopic (exact) mass is 445 g/mol. The van der Waals surface area contributed by atoms with Crippen LogP contribution < -0.4 is 15.5 Å². The third-order valence-corrected chi connectivity index (χ3v) is 5.68. The van der Waals surface area contributed by atoms with E-state index in [9.17, 15) is 18.8 Å². The molecule has 0 bridgehead atoms. The Balaban J connectivity index is 1.45. The number of nitrogens with one attached hydrogen (secondary N) is 2. The molecular weight excluding hydrogens is 421 g/mol. The second-order valence-electron chi connectivity index (χ2n) is 7.92. The van der Waals surface area contributed by atoms with Gasteiger partial charge in [-0.25, -0.2) is 4.39 Å². The Labute approximate surface area is 191 Å². The first kappa shape index (κ1) is 22.2. The van der Waals surface area contributed by atoms with Gasteiger partial charge in [-0.05, 0) is 60.5 Å². The maximum Gasteiger partial charge on any atom is 0.257 e. The summed E-state index contributed by atoms with van der Waals surface area (Å²) in [5, 5.41) is 5.49. The van der Waals surface area contributed by atoms with Gasteiger partial charge in [0.2, 0.25) is 11.8 Å². The Bertz CT molecular complexity index is 1180. The summed E-state index contributed by atoms with van der Waals surface area (Å²) in [6.45, 7) is 2.34. The van der Waals surface area contributed by atoms with Crippen LogP contribution in [-0.2, 0) is 16.0 Å². The van der Waals surface area contributed by atoms with Crippen LogP contribution in [-0.4, -0.2) is 24.3 Å². The second kappa shape index (κ2) is 9.65. The Morgan fingerprint density at radius 3 is 2.36 bits per heavy atom. The van der Waals surface area contributed by atoms with Crippen LogP contribution in [0.4, 0.5) is 21.5 Å². The lowest BCUT2D eigenvalue weighted by Crippen LogP contribution is -2.28.